The highest BCUT2D eigenvalue weighted by Gasteiger charge is 2.36. The van der Waals surface area contributed by atoms with Gasteiger partial charge in [-0.25, -0.2) is 0 Å². The fourth-order valence-electron chi connectivity index (χ4n) is 3.60. The van der Waals surface area contributed by atoms with Crippen LogP contribution in [0.4, 0.5) is 5.69 Å². The van der Waals surface area contributed by atoms with Gasteiger partial charge in [0.05, 0.1) is 23.2 Å². The fourth-order valence-corrected chi connectivity index (χ4v) is 4.05. The minimum absolute atomic E-state index is 0.170. The van der Waals surface area contributed by atoms with Crippen molar-refractivity contribution >= 4 is 46.5 Å². The fraction of sp³-hybridized carbons (Fsp3) is 0.375. The molecule has 6 nitrogen and oxygen atoms in total. The van der Waals surface area contributed by atoms with Gasteiger partial charge in [0.15, 0.2) is 0 Å². The number of rotatable bonds is 6. The van der Waals surface area contributed by atoms with E-state index >= 15 is 0 Å². The van der Waals surface area contributed by atoms with Crippen LogP contribution in [-0.4, -0.2) is 28.7 Å². The lowest BCUT2D eigenvalue weighted by atomic mass is 9.84. The maximum atomic E-state index is 13.1. The lowest BCUT2D eigenvalue weighted by Gasteiger charge is -2.30. The molecule has 2 aromatic carbocycles. The molecule has 3 rings (SSSR count). The number of hydrazone groups is 1. The number of aliphatic carboxylic acids is 1. The van der Waals surface area contributed by atoms with Crippen LogP contribution >= 0.6 is 23.2 Å². The number of benzene rings is 2. The molecule has 170 valence electrons. The molecule has 32 heavy (non-hydrogen) atoms. The van der Waals surface area contributed by atoms with Crippen LogP contribution in [0.2, 0.25) is 10.0 Å². The van der Waals surface area contributed by atoms with Crippen molar-refractivity contribution in [2.24, 2.45) is 10.5 Å². The number of carboxylic acids is 1. The minimum Gasteiger partial charge on any atom is -0.481 e. The number of nitrogens with zero attached hydrogens (tertiary/aromatic N) is 2. The number of aryl methyl sites for hydroxylation is 1. The first-order valence-corrected chi connectivity index (χ1v) is 11.1. The number of carbonyl (C=O) groups is 2. The van der Waals surface area contributed by atoms with Crippen LogP contribution in [0.15, 0.2) is 47.6 Å². The Hall–Kier alpha value is -2.57. The van der Waals surface area contributed by atoms with Crippen molar-refractivity contribution in [3.63, 3.8) is 0 Å². The van der Waals surface area contributed by atoms with Crippen LogP contribution < -0.4 is 10.3 Å². The summed E-state index contributed by atoms with van der Waals surface area (Å²) in [4.78, 5) is 24.4. The van der Waals surface area contributed by atoms with Crippen molar-refractivity contribution < 1.29 is 14.7 Å². The summed E-state index contributed by atoms with van der Waals surface area (Å²) in [5.41, 5.74) is 2.54. The zero-order valence-electron chi connectivity index (χ0n) is 18.5. The average molecular weight is 476 g/mol. The number of hydrogen-bond donors (Lipinski definition) is 2. The summed E-state index contributed by atoms with van der Waals surface area (Å²) in [6.07, 6.45) is 0.179. The summed E-state index contributed by atoms with van der Waals surface area (Å²) in [6.45, 7) is 7.64. The smallest absolute Gasteiger partial charge is 0.305 e. The monoisotopic (exact) mass is 475 g/mol. The van der Waals surface area contributed by atoms with E-state index in [4.69, 9.17) is 23.2 Å². The SMILES string of the molecule is Cc1ccc(N2N=C(C(=O)NC(CC(=O)O)C(C)(C)C)CC2c2ccc(Cl)cc2)c(Cl)c1. The molecule has 2 N–H and O–H groups in total. The van der Waals surface area contributed by atoms with Gasteiger partial charge in [0.25, 0.3) is 5.91 Å². The van der Waals surface area contributed by atoms with Crippen LogP contribution in [0.3, 0.4) is 0 Å². The molecule has 8 heteroatoms. The van der Waals surface area contributed by atoms with Gasteiger partial charge in [0.2, 0.25) is 0 Å². The maximum absolute atomic E-state index is 13.1. The van der Waals surface area contributed by atoms with E-state index in [0.717, 1.165) is 11.1 Å². The summed E-state index contributed by atoms with van der Waals surface area (Å²) in [5.74, 6) is -1.35. The van der Waals surface area contributed by atoms with Gasteiger partial charge in [-0.2, -0.15) is 5.10 Å². The Bertz CT molecular complexity index is 1050. The Balaban J connectivity index is 1.94. The quantitative estimate of drug-likeness (QED) is 0.568. The molecule has 1 amide bonds. The Morgan fingerprint density at radius 2 is 1.84 bits per heavy atom. The zero-order chi connectivity index (χ0) is 23.6. The zero-order valence-corrected chi connectivity index (χ0v) is 20.0. The van der Waals surface area contributed by atoms with E-state index in [0.29, 0.717) is 27.9 Å². The normalized spacial score (nSPS) is 17.1. The predicted octanol–water partition coefficient (Wildman–Crippen LogP) is 5.61. The van der Waals surface area contributed by atoms with Gasteiger partial charge in [0, 0.05) is 17.5 Å². The second kappa shape index (κ2) is 9.51. The first-order chi connectivity index (χ1) is 15.0. The van der Waals surface area contributed by atoms with Crippen LogP contribution in [0.25, 0.3) is 0 Å². The Labute approximate surface area is 198 Å². The third kappa shape index (κ3) is 5.61. The first kappa shape index (κ1) is 24.1. The van der Waals surface area contributed by atoms with Crippen molar-refractivity contribution in [3.05, 3.63) is 63.6 Å². The molecule has 1 aliphatic rings. The van der Waals surface area contributed by atoms with Gasteiger partial charge in [-0.1, -0.05) is 62.2 Å². The van der Waals surface area contributed by atoms with E-state index in [1.165, 1.54) is 0 Å². The molecule has 0 spiro atoms. The maximum Gasteiger partial charge on any atom is 0.305 e. The van der Waals surface area contributed by atoms with E-state index in [1.54, 1.807) is 17.1 Å². The Morgan fingerprint density at radius 3 is 2.41 bits per heavy atom. The molecule has 0 radical (unpaired) electrons. The summed E-state index contributed by atoms with van der Waals surface area (Å²) in [6, 6.07) is 12.3. The predicted molar refractivity (Wildman–Crippen MR) is 129 cm³/mol. The lowest BCUT2D eigenvalue weighted by Crippen LogP contribution is -2.47. The van der Waals surface area contributed by atoms with Crippen molar-refractivity contribution in [2.75, 3.05) is 5.01 Å². The number of amides is 1. The van der Waals surface area contributed by atoms with Gasteiger partial charge in [-0.15, -0.1) is 0 Å². The number of nitrogens with one attached hydrogen (secondary N) is 1. The van der Waals surface area contributed by atoms with Crippen molar-refractivity contribution in [1.29, 1.82) is 0 Å². The van der Waals surface area contributed by atoms with Gasteiger partial charge >= 0.3 is 5.97 Å². The summed E-state index contributed by atoms with van der Waals surface area (Å²) < 4.78 is 0. The van der Waals surface area contributed by atoms with E-state index in [-0.39, 0.29) is 18.4 Å². The molecule has 0 saturated heterocycles. The molecule has 2 aromatic rings. The van der Waals surface area contributed by atoms with Crippen molar-refractivity contribution in [2.45, 2.75) is 52.6 Å². The molecule has 2 unspecified atom stereocenters. The van der Waals surface area contributed by atoms with Gasteiger partial charge in [-0.05, 0) is 47.7 Å². The first-order valence-electron chi connectivity index (χ1n) is 10.4. The molecule has 2 atom stereocenters. The van der Waals surface area contributed by atoms with Crippen molar-refractivity contribution in [1.82, 2.24) is 5.32 Å². The standard InChI is InChI=1S/C24H27Cl2N3O3/c1-14-5-10-19(17(26)11-14)29-20(15-6-8-16(25)9-7-15)12-18(28-29)23(32)27-21(13-22(30)31)24(2,3)4/h5-11,20-21H,12-13H2,1-4H3,(H,27,32)(H,30,31). The highest BCUT2D eigenvalue weighted by molar-refractivity contribution is 6.40. The summed E-state index contributed by atoms with van der Waals surface area (Å²) in [5, 5.41) is 19.7. The molecule has 0 fully saturated rings. The molecular formula is C24H27Cl2N3O3. The number of anilines is 1. The number of carboxylic acid groups (broad SMARTS) is 1. The highest BCUT2D eigenvalue weighted by atomic mass is 35.5. The third-order valence-electron chi connectivity index (χ3n) is 5.51. The highest BCUT2D eigenvalue weighted by Crippen LogP contribution is 2.39. The second-order valence-electron chi connectivity index (χ2n) is 9.11. The third-order valence-corrected chi connectivity index (χ3v) is 6.06. The molecule has 1 aliphatic heterocycles. The number of hydrogen-bond acceptors (Lipinski definition) is 4. The van der Waals surface area contributed by atoms with E-state index in [2.05, 4.69) is 10.4 Å². The Morgan fingerprint density at radius 1 is 1.19 bits per heavy atom. The number of halogens is 2. The summed E-state index contributed by atoms with van der Waals surface area (Å²) >= 11 is 12.6. The molecule has 0 saturated carbocycles. The van der Waals surface area contributed by atoms with E-state index < -0.39 is 17.4 Å². The molecule has 0 aliphatic carbocycles. The number of carbonyl (C=O) groups excluding carboxylic acids is 1. The van der Waals surface area contributed by atoms with Gasteiger partial charge in [0.1, 0.15) is 5.71 Å². The van der Waals surface area contributed by atoms with Gasteiger partial charge in [-0.3, -0.25) is 14.6 Å². The van der Waals surface area contributed by atoms with Crippen molar-refractivity contribution in [3.8, 4) is 0 Å². The molecule has 0 aromatic heterocycles. The molecule has 0 bridgehead atoms. The second-order valence-corrected chi connectivity index (χ2v) is 9.95. The van der Waals surface area contributed by atoms with Gasteiger partial charge < -0.3 is 10.4 Å². The van der Waals surface area contributed by atoms with Crippen LogP contribution in [0, 0.1) is 12.3 Å². The lowest BCUT2D eigenvalue weighted by molar-refractivity contribution is -0.138. The average Bonchev–Trinajstić information content (AvgIpc) is 3.12. The van der Waals surface area contributed by atoms with Crippen LogP contribution in [-0.2, 0) is 9.59 Å². The molecular weight excluding hydrogens is 449 g/mol. The summed E-state index contributed by atoms with van der Waals surface area (Å²) in [7, 11) is 0. The Kier molecular flexibility index (Phi) is 7.16. The van der Waals surface area contributed by atoms with E-state index in [9.17, 15) is 14.7 Å². The molecule has 1 heterocycles. The minimum atomic E-state index is -0.967. The van der Waals surface area contributed by atoms with E-state index in [1.807, 2.05) is 58.0 Å². The van der Waals surface area contributed by atoms with Crippen LogP contribution in [0.1, 0.15) is 50.8 Å². The van der Waals surface area contributed by atoms with Crippen LogP contribution in [0.5, 0.6) is 0 Å². The largest absolute Gasteiger partial charge is 0.481 e. The topological polar surface area (TPSA) is 82.0 Å².